The number of hydrogen-bond acceptors (Lipinski definition) is 2. The molecule has 1 nitrogen and oxygen atoms in total. The molecule has 0 radical (unpaired) electrons. The smallest absolute Gasteiger partial charge is 0.145 e. The summed E-state index contributed by atoms with van der Waals surface area (Å²) >= 11 is 7.74. The molecule has 0 spiro atoms. The Kier molecular flexibility index (Phi) is 3.97. The normalized spacial score (nSPS) is 12.8. The minimum absolute atomic E-state index is 0.121. The number of benzene rings is 1. The third-order valence-electron chi connectivity index (χ3n) is 2.34. The van der Waals surface area contributed by atoms with Gasteiger partial charge in [-0.15, -0.1) is 11.3 Å². The Balaban J connectivity index is 2.50. The summed E-state index contributed by atoms with van der Waals surface area (Å²) in [5.74, 6) is -1.29. The first kappa shape index (κ1) is 13.1. The van der Waals surface area contributed by atoms with Crippen LogP contribution in [0.25, 0.3) is 0 Å². The van der Waals surface area contributed by atoms with E-state index < -0.39 is 17.7 Å². The lowest BCUT2D eigenvalue weighted by Gasteiger charge is -2.13. The molecule has 0 aliphatic heterocycles. The summed E-state index contributed by atoms with van der Waals surface area (Å²) < 4.78 is 28.5. The highest BCUT2D eigenvalue weighted by Crippen LogP contribution is 2.32. The third kappa shape index (κ3) is 2.59. The minimum Gasteiger partial charge on any atom is -0.320 e. The highest BCUT2D eigenvalue weighted by Gasteiger charge is 2.21. The Morgan fingerprint density at radius 1 is 1.24 bits per heavy atom. The SMILES string of the molecule is NC(c1csc(Br)c1)c1c(F)ccc(Br)c1F. The highest BCUT2D eigenvalue weighted by atomic mass is 79.9. The largest absolute Gasteiger partial charge is 0.320 e. The Morgan fingerprint density at radius 3 is 2.53 bits per heavy atom. The van der Waals surface area contributed by atoms with Crippen LogP contribution in [-0.4, -0.2) is 0 Å². The first-order chi connectivity index (χ1) is 8.00. The van der Waals surface area contributed by atoms with Gasteiger partial charge >= 0.3 is 0 Å². The van der Waals surface area contributed by atoms with E-state index in [-0.39, 0.29) is 10.0 Å². The highest BCUT2D eigenvalue weighted by molar-refractivity contribution is 9.11. The Hall–Kier alpha value is -0.300. The molecule has 1 aromatic heterocycles. The molecule has 2 rings (SSSR count). The fourth-order valence-corrected chi connectivity index (χ4v) is 3.04. The monoisotopic (exact) mass is 381 g/mol. The maximum Gasteiger partial charge on any atom is 0.145 e. The van der Waals surface area contributed by atoms with Gasteiger partial charge in [-0.3, -0.25) is 0 Å². The molecule has 0 amide bonds. The Bertz CT molecular complexity index is 556. The summed E-state index contributed by atoms with van der Waals surface area (Å²) in [4.78, 5) is 0. The fraction of sp³-hybridized carbons (Fsp3) is 0.0909. The number of hydrogen-bond donors (Lipinski definition) is 1. The summed E-state index contributed by atoms with van der Waals surface area (Å²) in [6, 6.07) is 3.47. The molecule has 0 fully saturated rings. The molecule has 2 N–H and O–H groups in total. The topological polar surface area (TPSA) is 26.0 Å². The van der Waals surface area contributed by atoms with Crippen LogP contribution in [0.5, 0.6) is 0 Å². The van der Waals surface area contributed by atoms with Crippen molar-refractivity contribution in [2.45, 2.75) is 6.04 Å². The van der Waals surface area contributed by atoms with E-state index >= 15 is 0 Å². The second kappa shape index (κ2) is 5.14. The molecule has 0 saturated carbocycles. The van der Waals surface area contributed by atoms with E-state index in [2.05, 4.69) is 31.9 Å². The van der Waals surface area contributed by atoms with E-state index in [0.29, 0.717) is 5.56 Å². The lowest BCUT2D eigenvalue weighted by molar-refractivity contribution is 0.539. The van der Waals surface area contributed by atoms with Gasteiger partial charge in [-0.1, -0.05) is 0 Å². The molecule has 0 aliphatic rings. The first-order valence-corrected chi connectivity index (χ1v) is 7.10. The molecular weight excluding hydrogens is 376 g/mol. The maximum absolute atomic E-state index is 13.8. The predicted molar refractivity (Wildman–Crippen MR) is 72.1 cm³/mol. The zero-order valence-electron chi connectivity index (χ0n) is 8.38. The van der Waals surface area contributed by atoms with Gasteiger partial charge in [0.1, 0.15) is 11.6 Å². The van der Waals surface area contributed by atoms with Crippen LogP contribution in [0.2, 0.25) is 0 Å². The molecule has 0 aliphatic carbocycles. The molecular formula is C11H7Br2F2NS. The van der Waals surface area contributed by atoms with Crippen LogP contribution in [0.1, 0.15) is 17.2 Å². The first-order valence-electron chi connectivity index (χ1n) is 4.63. The third-order valence-corrected chi connectivity index (χ3v) is 4.47. The van der Waals surface area contributed by atoms with Crippen LogP contribution in [0.4, 0.5) is 8.78 Å². The molecule has 2 aromatic rings. The van der Waals surface area contributed by atoms with Crippen molar-refractivity contribution in [1.82, 2.24) is 0 Å². The zero-order chi connectivity index (χ0) is 12.6. The molecule has 90 valence electrons. The second-order valence-corrected chi connectivity index (χ2v) is 6.56. The van der Waals surface area contributed by atoms with Crippen LogP contribution in [0.15, 0.2) is 31.8 Å². The molecule has 1 atom stereocenters. The average Bonchev–Trinajstić information content (AvgIpc) is 2.71. The van der Waals surface area contributed by atoms with E-state index in [0.717, 1.165) is 3.79 Å². The summed E-state index contributed by atoms with van der Waals surface area (Å²) in [6.45, 7) is 0. The van der Waals surface area contributed by atoms with E-state index in [4.69, 9.17) is 5.73 Å². The van der Waals surface area contributed by atoms with Crippen molar-refractivity contribution in [3.63, 3.8) is 0 Å². The molecule has 17 heavy (non-hydrogen) atoms. The van der Waals surface area contributed by atoms with Crippen molar-refractivity contribution in [1.29, 1.82) is 0 Å². The molecule has 1 heterocycles. The number of halogens is 4. The standard InChI is InChI=1S/C11H7Br2F2NS/c12-6-1-2-7(14)9(10(6)15)11(16)5-3-8(13)17-4-5/h1-4,11H,16H2. The summed E-state index contributed by atoms with van der Waals surface area (Å²) in [6.07, 6.45) is 0. The number of thiophene rings is 1. The maximum atomic E-state index is 13.8. The zero-order valence-corrected chi connectivity index (χ0v) is 12.4. The van der Waals surface area contributed by atoms with Crippen molar-refractivity contribution in [3.05, 3.63) is 54.6 Å². The number of rotatable bonds is 2. The van der Waals surface area contributed by atoms with Gasteiger partial charge in [0.2, 0.25) is 0 Å². The van der Waals surface area contributed by atoms with Crippen molar-refractivity contribution < 1.29 is 8.78 Å². The lowest BCUT2D eigenvalue weighted by atomic mass is 10.0. The molecule has 6 heteroatoms. The van der Waals surface area contributed by atoms with Gasteiger partial charge in [-0.05, 0) is 61.0 Å². The van der Waals surface area contributed by atoms with Crippen molar-refractivity contribution in [2.75, 3.05) is 0 Å². The van der Waals surface area contributed by atoms with Crippen molar-refractivity contribution >= 4 is 43.2 Å². The minimum atomic E-state index is -0.810. The molecule has 1 aromatic carbocycles. The van der Waals surface area contributed by atoms with E-state index in [1.807, 2.05) is 0 Å². The van der Waals surface area contributed by atoms with Gasteiger partial charge in [-0.25, -0.2) is 8.78 Å². The second-order valence-electron chi connectivity index (χ2n) is 3.42. The van der Waals surface area contributed by atoms with Gasteiger partial charge in [0, 0.05) is 5.56 Å². The van der Waals surface area contributed by atoms with Crippen molar-refractivity contribution in [2.24, 2.45) is 5.73 Å². The van der Waals surface area contributed by atoms with Crippen LogP contribution >= 0.6 is 43.2 Å². The van der Waals surface area contributed by atoms with Crippen LogP contribution < -0.4 is 5.73 Å². The van der Waals surface area contributed by atoms with Gasteiger partial charge in [0.15, 0.2) is 0 Å². The van der Waals surface area contributed by atoms with Gasteiger partial charge < -0.3 is 5.73 Å². The Labute approximate surface area is 118 Å². The van der Waals surface area contributed by atoms with Gasteiger partial charge in [0.25, 0.3) is 0 Å². The fourth-order valence-electron chi connectivity index (χ4n) is 1.48. The van der Waals surface area contributed by atoms with Crippen LogP contribution in [0, 0.1) is 11.6 Å². The summed E-state index contributed by atoms with van der Waals surface area (Å²) in [5, 5.41) is 1.77. The predicted octanol–water partition coefficient (Wildman–Crippen LogP) is 4.60. The lowest BCUT2D eigenvalue weighted by Crippen LogP contribution is -2.15. The van der Waals surface area contributed by atoms with Crippen LogP contribution in [-0.2, 0) is 0 Å². The van der Waals surface area contributed by atoms with E-state index in [1.54, 1.807) is 11.4 Å². The van der Waals surface area contributed by atoms with E-state index in [1.165, 1.54) is 23.5 Å². The Morgan fingerprint density at radius 2 is 1.94 bits per heavy atom. The number of nitrogens with two attached hydrogens (primary N) is 1. The molecule has 0 saturated heterocycles. The van der Waals surface area contributed by atoms with Crippen LogP contribution in [0.3, 0.4) is 0 Å². The van der Waals surface area contributed by atoms with E-state index in [9.17, 15) is 8.78 Å². The summed E-state index contributed by atoms with van der Waals surface area (Å²) in [7, 11) is 0. The molecule has 1 unspecified atom stereocenters. The van der Waals surface area contributed by atoms with Gasteiger partial charge in [0.05, 0.1) is 14.3 Å². The summed E-state index contributed by atoms with van der Waals surface area (Å²) in [5.41, 5.74) is 6.44. The quantitative estimate of drug-likeness (QED) is 0.754. The van der Waals surface area contributed by atoms with Gasteiger partial charge in [-0.2, -0.15) is 0 Å². The molecule has 0 bridgehead atoms. The van der Waals surface area contributed by atoms with Crippen molar-refractivity contribution in [3.8, 4) is 0 Å². The average molecular weight is 383 g/mol.